The number of hydrogen-bond acceptors (Lipinski definition) is 2. The largest absolute Gasteiger partial charge is 0.338 e. The molecule has 20 heavy (non-hydrogen) atoms. The summed E-state index contributed by atoms with van der Waals surface area (Å²) in [6.45, 7) is 6.73. The number of hydrogen-bond donors (Lipinski definition) is 1. The van der Waals surface area contributed by atoms with Crippen LogP contribution in [0, 0.1) is 11.3 Å². The van der Waals surface area contributed by atoms with Gasteiger partial charge in [-0.3, -0.25) is 4.79 Å². The molecular weight excluding hydrogens is 248 g/mol. The lowest BCUT2D eigenvalue weighted by Crippen LogP contribution is -2.51. The highest BCUT2D eigenvalue weighted by Gasteiger charge is 2.43. The first kappa shape index (κ1) is 14.4. The van der Waals surface area contributed by atoms with Gasteiger partial charge in [-0.1, -0.05) is 26.7 Å². The highest BCUT2D eigenvalue weighted by Crippen LogP contribution is 2.42. The van der Waals surface area contributed by atoms with Crippen LogP contribution in [-0.2, 0) is 4.79 Å². The van der Waals surface area contributed by atoms with E-state index in [9.17, 15) is 4.79 Å². The van der Waals surface area contributed by atoms with Gasteiger partial charge in [0, 0.05) is 24.5 Å². The number of carbonyl (C=O) groups excluding carboxylic acids is 1. The molecule has 0 bridgehead atoms. The van der Waals surface area contributed by atoms with E-state index in [0.717, 1.165) is 19.5 Å². The third kappa shape index (κ3) is 2.61. The van der Waals surface area contributed by atoms with Crippen LogP contribution >= 0.6 is 0 Å². The van der Waals surface area contributed by atoms with E-state index in [4.69, 9.17) is 0 Å². The van der Waals surface area contributed by atoms with Crippen LogP contribution in [0.4, 0.5) is 0 Å². The van der Waals surface area contributed by atoms with Crippen LogP contribution in [0.25, 0.3) is 0 Å². The summed E-state index contributed by atoms with van der Waals surface area (Å²) in [7, 11) is 0. The fourth-order valence-electron chi connectivity index (χ4n) is 4.68. The minimum atomic E-state index is 0.200. The molecule has 2 heterocycles. The summed E-state index contributed by atoms with van der Waals surface area (Å²) >= 11 is 0. The van der Waals surface area contributed by atoms with Crippen molar-refractivity contribution in [3.63, 3.8) is 0 Å². The van der Waals surface area contributed by atoms with Gasteiger partial charge in [0.2, 0.25) is 5.91 Å². The van der Waals surface area contributed by atoms with Gasteiger partial charge >= 0.3 is 0 Å². The van der Waals surface area contributed by atoms with Crippen molar-refractivity contribution in [1.82, 2.24) is 10.2 Å². The number of carbonyl (C=O) groups is 1. The van der Waals surface area contributed by atoms with Crippen LogP contribution in [0.2, 0.25) is 0 Å². The molecule has 3 unspecified atom stereocenters. The Kier molecular flexibility index (Phi) is 4.07. The van der Waals surface area contributed by atoms with E-state index >= 15 is 0 Å². The Bertz CT molecular complexity index is 360. The van der Waals surface area contributed by atoms with Crippen molar-refractivity contribution in [2.75, 3.05) is 13.1 Å². The Hall–Kier alpha value is -0.570. The summed E-state index contributed by atoms with van der Waals surface area (Å²) in [5.74, 6) is 0.726. The Morgan fingerprint density at radius 3 is 2.65 bits per heavy atom. The first-order chi connectivity index (χ1) is 9.59. The first-order valence-electron chi connectivity index (χ1n) is 8.63. The van der Waals surface area contributed by atoms with Gasteiger partial charge in [-0.2, -0.15) is 0 Å². The molecule has 1 N–H and O–H groups in total. The second kappa shape index (κ2) is 5.67. The van der Waals surface area contributed by atoms with E-state index in [1.165, 1.54) is 44.9 Å². The van der Waals surface area contributed by atoms with E-state index in [2.05, 4.69) is 24.1 Å². The maximum Gasteiger partial charge on any atom is 0.226 e. The number of nitrogens with zero attached hydrogens (tertiary/aromatic N) is 1. The van der Waals surface area contributed by atoms with Gasteiger partial charge in [-0.15, -0.1) is 0 Å². The number of likely N-dealkylation sites (tertiary alicyclic amines) is 1. The van der Waals surface area contributed by atoms with Crippen molar-refractivity contribution in [2.45, 2.75) is 77.3 Å². The molecule has 2 aliphatic heterocycles. The van der Waals surface area contributed by atoms with Gasteiger partial charge in [-0.05, 0) is 50.5 Å². The molecule has 3 heteroatoms. The quantitative estimate of drug-likeness (QED) is 0.842. The van der Waals surface area contributed by atoms with Crippen LogP contribution in [0.1, 0.15) is 65.2 Å². The Morgan fingerprint density at radius 1 is 1.10 bits per heavy atom. The zero-order chi connectivity index (χ0) is 14.2. The van der Waals surface area contributed by atoms with E-state index in [0.29, 0.717) is 18.0 Å². The zero-order valence-electron chi connectivity index (χ0n) is 13.2. The molecule has 114 valence electrons. The van der Waals surface area contributed by atoms with Crippen molar-refractivity contribution in [2.24, 2.45) is 11.3 Å². The van der Waals surface area contributed by atoms with Gasteiger partial charge in [0.05, 0.1) is 0 Å². The third-order valence-corrected chi connectivity index (χ3v) is 5.95. The van der Waals surface area contributed by atoms with Crippen molar-refractivity contribution in [3.8, 4) is 0 Å². The Labute approximate surface area is 123 Å². The SMILES string of the molecule is CC1(C)CCCCC1C(=O)N1CCCC1C1CCCN1. The molecule has 3 aliphatic rings. The highest BCUT2D eigenvalue weighted by molar-refractivity contribution is 5.80. The molecule has 1 aliphatic carbocycles. The predicted octanol–water partition coefficient (Wildman–Crippen LogP) is 2.95. The molecule has 0 aromatic rings. The topological polar surface area (TPSA) is 32.3 Å². The highest BCUT2D eigenvalue weighted by atomic mass is 16.2. The maximum absolute atomic E-state index is 13.1. The summed E-state index contributed by atoms with van der Waals surface area (Å²) in [6.07, 6.45) is 9.78. The molecule has 3 atom stereocenters. The number of rotatable bonds is 2. The smallest absolute Gasteiger partial charge is 0.226 e. The van der Waals surface area contributed by atoms with Crippen molar-refractivity contribution in [1.29, 1.82) is 0 Å². The average molecular weight is 278 g/mol. The van der Waals surface area contributed by atoms with E-state index < -0.39 is 0 Å². The van der Waals surface area contributed by atoms with Crippen LogP contribution in [0.15, 0.2) is 0 Å². The first-order valence-corrected chi connectivity index (χ1v) is 8.63. The average Bonchev–Trinajstić information content (AvgIpc) is 3.08. The van der Waals surface area contributed by atoms with Gasteiger partial charge in [0.25, 0.3) is 0 Å². The molecular formula is C17H30N2O. The van der Waals surface area contributed by atoms with Crippen LogP contribution in [0.3, 0.4) is 0 Å². The maximum atomic E-state index is 13.1. The summed E-state index contributed by atoms with van der Waals surface area (Å²) in [5, 5.41) is 3.61. The molecule has 3 rings (SSSR count). The molecule has 3 nitrogen and oxygen atoms in total. The minimum Gasteiger partial charge on any atom is -0.338 e. The number of nitrogens with one attached hydrogen (secondary N) is 1. The van der Waals surface area contributed by atoms with Crippen molar-refractivity contribution < 1.29 is 4.79 Å². The van der Waals surface area contributed by atoms with Gasteiger partial charge in [-0.25, -0.2) is 0 Å². The lowest BCUT2D eigenvalue weighted by Gasteiger charge is -2.41. The molecule has 3 fully saturated rings. The van der Waals surface area contributed by atoms with Crippen molar-refractivity contribution >= 4 is 5.91 Å². The van der Waals surface area contributed by atoms with Crippen LogP contribution in [-0.4, -0.2) is 36.0 Å². The molecule has 1 amide bonds. The van der Waals surface area contributed by atoms with Gasteiger partial charge in [0.1, 0.15) is 0 Å². The van der Waals surface area contributed by atoms with Gasteiger partial charge < -0.3 is 10.2 Å². The van der Waals surface area contributed by atoms with E-state index in [1.807, 2.05) is 0 Å². The lowest BCUT2D eigenvalue weighted by molar-refractivity contribution is -0.142. The summed E-state index contributed by atoms with van der Waals surface area (Å²) in [6, 6.07) is 1.04. The second-order valence-electron chi connectivity index (χ2n) is 7.73. The molecule has 2 saturated heterocycles. The molecule has 0 spiro atoms. The fraction of sp³-hybridized carbons (Fsp3) is 0.941. The minimum absolute atomic E-state index is 0.200. The zero-order valence-corrected chi connectivity index (χ0v) is 13.2. The fourth-order valence-corrected chi connectivity index (χ4v) is 4.68. The third-order valence-electron chi connectivity index (χ3n) is 5.95. The normalized spacial score (nSPS) is 37.3. The van der Waals surface area contributed by atoms with Crippen LogP contribution < -0.4 is 5.32 Å². The van der Waals surface area contributed by atoms with Crippen molar-refractivity contribution in [3.05, 3.63) is 0 Å². The molecule has 0 aromatic heterocycles. The van der Waals surface area contributed by atoms with E-state index in [1.54, 1.807) is 0 Å². The summed E-state index contributed by atoms with van der Waals surface area (Å²) in [4.78, 5) is 15.3. The Morgan fingerprint density at radius 2 is 1.95 bits per heavy atom. The molecule has 1 saturated carbocycles. The monoisotopic (exact) mass is 278 g/mol. The lowest BCUT2D eigenvalue weighted by atomic mass is 9.68. The summed E-state index contributed by atoms with van der Waals surface area (Å²) < 4.78 is 0. The standard InChI is InChI=1S/C17H30N2O/c1-17(2)10-4-3-7-13(17)16(20)19-12-6-9-15(19)14-8-5-11-18-14/h13-15,18H,3-12H2,1-2H3. The second-order valence-corrected chi connectivity index (χ2v) is 7.73. The predicted molar refractivity (Wildman–Crippen MR) is 81.5 cm³/mol. The summed E-state index contributed by atoms with van der Waals surface area (Å²) in [5.41, 5.74) is 0.200. The number of amides is 1. The molecule has 0 radical (unpaired) electrons. The van der Waals surface area contributed by atoms with E-state index in [-0.39, 0.29) is 11.3 Å². The molecule has 0 aromatic carbocycles. The van der Waals surface area contributed by atoms with Gasteiger partial charge in [0.15, 0.2) is 0 Å². The van der Waals surface area contributed by atoms with Crippen LogP contribution in [0.5, 0.6) is 0 Å². The Balaban J connectivity index is 1.71.